The molecule has 0 saturated heterocycles. The number of hydrogen-bond acceptors (Lipinski definition) is 6. The minimum Gasteiger partial charge on any atom is -0.404 e. The molecule has 0 saturated carbocycles. The number of anilines is 2. The van der Waals surface area contributed by atoms with E-state index in [2.05, 4.69) is 15.0 Å². The van der Waals surface area contributed by atoms with E-state index in [1.165, 1.54) is 34.4 Å². The van der Waals surface area contributed by atoms with Crippen molar-refractivity contribution in [1.29, 1.82) is 0 Å². The SMILES string of the molecule is O=C(CSC1=NC(=Cc2cccs2)C(=O)N1c1ccccc1)Nc1ccccc1OC(F)(F)F. The first-order valence-corrected chi connectivity index (χ1v) is 11.7. The quantitative estimate of drug-likeness (QED) is 0.434. The lowest BCUT2D eigenvalue weighted by atomic mass is 10.3. The van der Waals surface area contributed by atoms with E-state index in [-0.39, 0.29) is 28.2 Å². The highest BCUT2D eigenvalue weighted by Crippen LogP contribution is 2.32. The van der Waals surface area contributed by atoms with Crippen molar-refractivity contribution in [2.45, 2.75) is 6.36 Å². The number of nitrogens with one attached hydrogen (secondary N) is 1. The summed E-state index contributed by atoms with van der Waals surface area (Å²) in [6.07, 6.45) is -3.22. The van der Waals surface area contributed by atoms with Crippen molar-refractivity contribution in [3.05, 3.63) is 82.7 Å². The van der Waals surface area contributed by atoms with Crippen LogP contribution in [0.3, 0.4) is 0 Å². The van der Waals surface area contributed by atoms with Crippen LogP contribution < -0.4 is 15.0 Å². The molecule has 3 aromatic rings. The molecule has 4 rings (SSSR count). The van der Waals surface area contributed by atoms with E-state index in [1.54, 1.807) is 30.3 Å². The average Bonchev–Trinajstić information content (AvgIpc) is 3.41. The zero-order valence-corrected chi connectivity index (χ0v) is 18.9. The van der Waals surface area contributed by atoms with Crippen molar-refractivity contribution < 1.29 is 27.5 Å². The number of thiophene rings is 1. The summed E-state index contributed by atoms with van der Waals surface area (Å²) in [5, 5.41) is 4.58. The lowest BCUT2D eigenvalue weighted by Gasteiger charge is -2.18. The molecule has 0 unspecified atom stereocenters. The highest BCUT2D eigenvalue weighted by atomic mass is 32.2. The van der Waals surface area contributed by atoms with Gasteiger partial charge in [-0.3, -0.25) is 14.5 Å². The number of alkyl halides is 3. The second-order valence-electron chi connectivity index (χ2n) is 6.80. The number of halogens is 3. The first-order chi connectivity index (χ1) is 16.3. The molecule has 174 valence electrons. The van der Waals surface area contributed by atoms with Gasteiger partial charge >= 0.3 is 6.36 Å². The van der Waals surface area contributed by atoms with Crippen LogP contribution in [0.15, 0.2) is 82.8 Å². The fourth-order valence-electron chi connectivity index (χ4n) is 3.01. The average molecular weight is 504 g/mol. The van der Waals surface area contributed by atoms with E-state index in [0.717, 1.165) is 22.7 Å². The first-order valence-electron chi connectivity index (χ1n) is 9.81. The molecule has 2 aromatic carbocycles. The molecular formula is C23H16F3N3O3S2. The molecule has 1 aromatic heterocycles. The van der Waals surface area contributed by atoms with E-state index in [1.807, 2.05) is 23.6 Å². The second-order valence-corrected chi connectivity index (χ2v) is 8.72. The van der Waals surface area contributed by atoms with Crippen LogP contribution in [0.4, 0.5) is 24.5 Å². The number of ether oxygens (including phenoxy) is 1. The van der Waals surface area contributed by atoms with Crippen molar-refractivity contribution in [2.75, 3.05) is 16.0 Å². The number of amidine groups is 1. The minimum atomic E-state index is -4.89. The Morgan fingerprint density at radius 2 is 1.82 bits per heavy atom. The lowest BCUT2D eigenvalue weighted by Crippen LogP contribution is -2.31. The number of benzene rings is 2. The molecule has 1 aliphatic heterocycles. The van der Waals surface area contributed by atoms with Gasteiger partial charge in [0, 0.05) is 4.88 Å². The molecule has 0 fully saturated rings. The van der Waals surface area contributed by atoms with Crippen molar-refractivity contribution >= 4 is 57.5 Å². The standard InChI is InChI=1S/C23H16F3N3O3S2/c24-23(25,26)32-19-11-5-4-10-17(19)27-20(30)14-34-22-28-18(13-16-9-6-12-33-16)21(31)29(22)15-7-2-1-3-8-15/h1-13H,14H2,(H,27,30). The maximum Gasteiger partial charge on any atom is 0.573 e. The lowest BCUT2D eigenvalue weighted by molar-refractivity contribution is -0.274. The zero-order valence-electron chi connectivity index (χ0n) is 17.3. The Morgan fingerprint density at radius 3 is 2.53 bits per heavy atom. The van der Waals surface area contributed by atoms with Crippen molar-refractivity contribution in [3.63, 3.8) is 0 Å². The van der Waals surface area contributed by atoms with Crippen LogP contribution in [-0.4, -0.2) is 29.1 Å². The summed E-state index contributed by atoms with van der Waals surface area (Å²) in [6, 6.07) is 17.8. The summed E-state index contributed by atoms with van der Waals surface area (Å²) in [6.45, 7) is 0. The van der Waals surface area contributed by atoms with Crippen molar-refractivity contribution in [3.8, 4) is 5.75 Å². The number of carbonyl (C=O) groups excluding carboxylic acids is 2. The summed E-state index contributed by atoms with van der Waals surface area (Å²) in [5.74, 6) is -1.63. The number of thioether (sulfide) groups is 1. The van der Waals surface area contributed by atoms with E-state index in [0.29, 0.717) is 5.69 Å². The summed E-state index contributed by atoms with van der Waals surface area (Å²) >= 11 is 2.45. The van der Waals surface area contributed by atoms with Gasteiger partial charge in [-0.05, 0) is 41.8 Å². The second kappa shape index (κ2) is 10.1. The maximum atomic E-state index is 13.1. The third-order valence-electron chi connectivity index (χ3n) is 4.39. The Bertz CT molecular complexity index is 1240. The van der Waals surface area contributed by atoms with E-state index >= 15 is 0 Å². The van der Waals surface area contributed by atoms with Gasteiger partial charge in [-0.15, -0.1) is 24.5 Å². The Balaban J connectivity index is 1.51. The number of nitrogens with zero attached hydrogens (tertiary/aromatic N) is 2. The number of carbonyl (C=O) groups is 2. The molecular weight excluding hydrogens is 487 g/mol. The summed E-state index contributed by atoms with van der Waals surface area (Å²) < 4.78 is 41.8. The Kier molecular flexibility index (Phi) is 7.03. The molecule has 2 heterocycles. The summed E-state index contributed by atoms with van der Waals surface area (Å²) in [4.78, 5) is 32.2. The molecule has 0 spiro atoms. The van der Waals surface area contributed by atoms with Gasteiger partial charge < -0.3 is 10.1 Å². The van der Waals surface area contributed by atoms with Crippen LogP contribution in [0.5, 0.6) is 5.75 Å². The predicted molar refractivity (Wildman–Crippen MR) is 128 cm³/mol. The molecule has 0 radical (unpaired) electrons. The van der Waals surface area contributed by atoms with Gasteiger partial charge in [0.25, 0.3) is 5.91 Å². The van der Waals surface area contributed by atoms with Gasteiger partial charge in [0.05, 0.1) is 17.1 Å². The van der Waals surface area contributed by atoms with Gasteiger partial charge in [-0.2, -0.15) is 0 Å². The molecule has 1 N–H and O–H groups in total. The van der Waals surface area contributed by atoms with Gasteiger partial charge in [-0.1, -0.05) is 48.2 Å². The third kappa shape index (κ3) is 5.86. The normalized spacial score (nSPS) is 14.9. The summed E-state index contributed by atoms with van der Waals surface area (Å²) in [5.41, 5.74) is 0.684. The molecule has 2 amide bonds. The summed E-state index contributed by atoms with van der Waals surface area (Å²) in [7, 11) is 0. The highest BCUT2D eigenvalue weighted by Gasteiger charge is 2.33. The van der Waals surface area contributed by atoms with Crippen LogP contribution >= 0.6 is 23.1 Å². The fourth-order valence-corrected chi connectivity index (χ4v) is 4.47. The minimum absolute atomic E-state index is 0.118. The maximum absolute atomic E-state index is 13.1. The van der Waals surface area contributed by atoms with E-state index in [4.69, 9.17) is 0 Å². The van der Waals surface area contributed by atoms with Gasteiger partial charge in [0.2, 0.25) is 5.91 Å². The largest absolute Gasteiger partial charge is 0.573 e. The van der Waals surface area contributed by atoms with Crippen molar-refractivity contribution in [1.82, 2.24) is 0 Å². The number of hydrogen-bond donors (Lipinski definition) is 1. The predicted octanol–water partition coefficient (Wildman–Crippen LogP) is 5.76. The zero-order chi connectivity index (χ0) is 24.1. The Hall–Kier alpha value is -3.57. The molecule has 0 aliphatic carbocycles. The van der Waals surface area contributed by atoms with Crippen LogP contribution in [0.25, 0.3) is 6.08 Å². The fraction of sp³-hybridized carbons (Fsp3) is 0.0870. The van der Waals surface area contributed by atoms with Crippen LogP contribution in [0, 0.1) is 0 Å². The number of aliphatic imine (C=N–C) groups is 1. The monoisotopic (exact) mass is 503 g/mol. The molecule has 11 heteroatoms. The van der Waals surface area contributed by atoms with Crippen LogP contribution in [-0.2, 0) is 9.59 Å². The third-order valence-corrected chi connectivity index (χ3v) is 6.14. The number of para-hydroxylation sites is 3. The Morgan fingerprint density at radius 1 is 1.09 bits per heavy atom. The molecule has 0 bridgehead atoms. The molecule has 34 heavy (non-hydrogen) atoms. The molecule has 6 nitrogen and oxygen atoms in total. The number of rotatable bonds is 6. The molecule has 0 atom stereocenters. The Labute approximate surface area is 200 Å². The van der Waals surface area contributed by atoms with E-state index < -0.39 is 18.0 Å². The van der Waals surface area contributed by atoms with Crippen LogP contribution in [0.1, 0.15) is 4.88 Å². The van der Waals surface area contributed by atoms with Crippen molar-refractivity contribution in [2.24, 2.45) is 4.99 Å². The van der Waals surface area contributed by atoms with Crippen LogP contribution in [0.2, 0.25) is 0 Å². The molecule has 1 aliphatic rings. The van der Waals surface area contributed by atoms with Gasteiger partial charge in [-0.25, -0.2) is 4.99 Å². The highest BCUT2D eigenvalue weighted by molar-refractivity contribution is 8.14. The van der Waals surface area contributed by atoms with Gasteiger partial charge in [0.15, 0.2) is 10.9 Å². The van der Waals surface area contributed by atoms with Gasteiger partial charge in [0.1, 0.15) is 5.70 Å². The smallest absolute Gasteiger partial charge is 0.404 e. The van der Waals surface area contributed by atoms with E-state index in [9.17, 15) is 22.8 Å². The topological polar surface area (TPSA) is 71.0 Å². The first kappa shape index (κ1) is 23.6. The number of amides is 2.